The molecular formula is C7H5FO3. The molecule has 0 aliphatic heterocycles. The van der Waals surface area contributed by atoms with Crippen LogP contribution in [0.3, 0.4) is 0 Å². The third kappa shape index (κ3) is 1.46. The molecule has 0 spiro atoms. The van der Waals surface area contributed by atoms with Crippen LogP contribution >= 0.6 is 0 Å². The van der Waals surface area contributed by atoms with Gasteiger partial charge in [0, 0.05) is 0 Å². The van der Waals surface area contributed by atoms with Gasteiger partial charge in [-0.25, -0.2) is 4.39 Å². The fraction of sp³-hybridized carbons (Fsp3) is 0. The van der Waals surface area contributed by atoms with E-state index in [0.717, 1.165) is 6.07 Å². The highest BCUT2D eigenvalue weighted by Gasteiger charge is 2.05. The Morgan fingerprint density at radius 3 is 2.91 bits per heavy atom. The number of benzene rings is 1. The molecule has 0 bridgehead atoms. The Bertz CT molecular complexity index is 272. The number of phenolic OH excluding ortho intramolecular Hbond substituents is 1. The maximum absolute atomic E-state index is 12.5. The zero-order chi connectivity index (χ0) is 8.27. The Morgan fingerprint density at radius 1 is 1.55 bits per heavy atom. The van der Waals surface area contributed by atoms with Crippen molar-refractivity contribution < 1.29 is 19.0 Å². The minimum Gasteiger partial charge on any atom is -0.502 e. The highest BCUT2D eigenvalue weighted by Crippen LogP contribution is 2.27. The summed E-state index contributed by atoms with van der Waals surface area (Å²) < 4.78 is 16.7. The molecule has 11 heavy (non-hydrogen) atoms. The Morgan fingerprint density at radius 2 is 2.27 bits per heavy atom. The number of rotatable bonds is 2. The lowest BCUT2D eigenvalue weighted by atomic mass is 10.3. The van der Waals surface area contributed by atoms with E-state index in [1.54, 1.807) is 0 Å². The molecule has 0 saturated heterocycles. The van der Waals surface area contributed by atoms with Crippen molar-refractivity contribution in [2.45, 2.75) is 0 Å². The summed E-state index contributed by atoms with van der Waals surface area (Å²) in [6, 6.07) is 3.67. The maximum Gasteiger partial charge on any atom is 0.298 e. The predicted molar refractivity (Wildman–Crippen MR) is 34.8 cm³/mol. The maximum atomic E-state index is 12.5. The molecule has 0 saturated carbocycles. The molecule has 1 aromatic rings. The quantitative estimate of drug-likeness (QED) is 0.651. The molecule has 1 N–H and O–H groups in total. The van der Waals surface area contributed by atoms with Crippen LogP contribution in [0.5, 0.6) is 11.5 Å². The van der Waals surface area contributed by atoms with Crippen LogP contribution in [-0.2, 0) is 4.79 Å². The molecule has 0 aliphatic rings. The van der Waals surface area contributed by atoms with E-state index in [0.29, 0.717) is 0 Å². The van der Waals surface area contributed by atoms with Gasteiger partial charge in [-0.1, -0.05) is 6.07 Å². The predicted octanol–water partition coefficient (Wildman–Crippen LogP) is 1.07. The zero-order valence-corrected chi connectivity index (χ0v) is 5.45. The third-order valence-electron chi connectivity index (χ3n) is 1.12. The van der Waals surface area contributed by atoms with Gasteiger partial charge < -0.3 is 9.84 Å². The van der Waals surface area contributed by atoms with Crippen molar-refractivity contribution >= 4 is 6.47 Å². The fourth-order valence-electron chi connectivity index (χ4n) is 0.642. The highest BCUT2D eigenvalue weighted by atomic mass is 19.1. The van der Waals surface area contributed by atoms with E-state index in [-0.39, 0.29) is 12.2 Å². The molecule has 3 nitrogen and oxygen atoms in total. The Labute approximate surface area is 62.0 Å². The van der Waals surface area contributed by atoms with Crippen LogP contribution in [0.1, 0.15) is 0 Å². The first-order chi connectivity index (χ1) is 5.25. The molecule has 1 rings (SSSR count). The van der Waals surface area contributed by atoms with Crippen LogP contribution in [0.4, 0.5) is 4.39 Å². The largest absolute Gasteiger partial charge is 0.502 e. The number of phenols is 1. The molecule has 0 heterocycles. The van der Waals surface area contributed by atoms with Gasteiger partial charge in [0.15, 0.2) is 17.3 Å². The van der Waals surface area contributed by atoms with Crippen LogP contribution in [-0.4, -0.2) is 11.6 Å². The molecule has 0 aromatic heterocycles. The number of hydrogen-bond acceptors (Lipinski definition) is 3. The molecular weight excluding hydrogens is 151 g/mol. The van der Waals surface area contributed by atoms with Crippen LogP contribution in [0, 0.1) is 5.82 Å². The number of halogens is 1. The standard InChI is InChI=1S/C7H5FO3/c8-5-2-1-3-6(7(5)10)11-4-9/h1-4,10H. The first-order valence-corrected chi connectivity index (χ1v) is 2.83. The second-order valence-electron chi connectivity index (χ2n) is 1.80. The van der Waals surface area contributed by atoms with Crippen molar-refractivity contribution in [2.75, 3.05) is 0 Å². The SMILES string of the molecule is O=COc1cccc(F)c1O. The topological polar surface area (TPSA) is 46.5 Å². The average molecular weight is 156 g/mol. The van der Waals surface area contributed by atoms with Gasteiger partial charge >= 0.3 is 0 Å². The summed E-state index contributed by atoms with van der Waals surface area (Å²) >= 11 is 0. The Balaban J connectivity index is 3.05. The lowest BCUT2D eigenvalue weighted by Crippen LogP contribution is -1.89. The van der Waals surface area contributed by atoms with Crippen molar-refractivity contribution in [1.29, 1.82) is 0 Å². The number of carbonyl (C=O) groups is 1. The van der Waals surface area contributed by atoms with Gasteiger partial charge in [-0.2, -0.15) is 0 Å². The monoisotopic (exact) mass is 156 g/mol. The van der Waals surface area contributed by atoms with Crippen molar-refractivity contribution in [1.82, 2.24) is 0 Å². The van der Waals surface area contributed by atoms with Crippen LogP contribution in [0.25, 0.3) is 0 Å². The minimum absolute atomic E-state index is 0.120. The lowest BCUT2D eigenvalue weighted by Gasteiger charge is -2.00. The summed E-state index contributed by atoms with van der Waals surface area (Å²) in [5.41, 5.74) is 0. The normalized spacial score (nSPS) is 9.18. The number of carbonyl (C=O) groups excluding carboxylic acids is 1. The first kappa shape index (κ1) is 7.53. The Kier molecular flexibility index (Phi) is 2.06. The van der Waals surface area contributed by atoms with Crippen LogP contribution in [0.2, 0.25) is 0 Å². The summed E-state index contributed by atoms with van der Waals surface area (Å²) in [5.74, 6) is -1.65. The Hall–Kier alpha value is -1.58. The summed E-state index contributed by atoms with van der Waals surface area (Å²) in [5, 5.41) is 8.87. The molecule has 0 radical (unpaired) electrons. The van der Waals surface area contributed by atoms with E-state index in [9.17, 15) is 9.18 Å². The second-order valence-corrected chi connectivity index (χ2v) is 1.80. The summed E-state index contributed by atoms with van der Waals surface area (Å²) in [6.07, 6.45) is 0. The molecule has 0 atom stereocenters. The third-order valence-corrected chi connectivity index (χ3v) is 1.12. The average Bonchev–Trinajstić information content (AvgIpc) is 1.99. The van der Waals surface area contributed by atoms with Gasteiger partial charge in [0.2, 0.25) is 0 Å². The smallest absolute Gasteiger partial charge is 0.298 e. The first-order valence-electron chi connectivity index (χ1n) is 2.83. The number of aromatic hydroxyl groups is 1. The molecule has 0 aliphatic carbocycles. The van der Waals surface area contributed by atoms with E-state index < -0.39 is 11.6 Å². The van der Waals surface area contributed by atoms with Gasteiger partial charge in [-0.3, -0.25) is 4.79 Å². The molecule has 1 aromatic carbocycles. The van der Waals surface area contributed by atoms with E-state index in [1.807, 2.05) is 0 Å². The molecule has 4 heteroatoms. The second kappa shape index (κ2) is 3.01. The number of para-hydroxylation sites is 1. The fourth-order valence-corrected chi connectivity index (χ4v) is 0.642. The van der Waals surface area contributed by atoms with E-state index >= 15 is 0 Å². The minimum atomic E-state index is -0.815. The molecule has 0 amide bonds. The van der Waals surface area contributed by atoms with Crippen LogP contribution in [0.15, 0.2) is 18.2 Å². The molecule has 0 fully saturated rings. The lowest BCUT2D eigenvalue weighted by molar-refractivity contribution is -0.120. The summed E-state index contributed by atoms with van der Waals surface area (Å²) in [7, 11) is 0. The molecule has 58 valence electrons. The van der Waals surface area contributed by atoms with E-state index in [4.69, 9.17) is 5.11 Å². The highest BCUT2D eigenvalue weighted by molar-refractivity contribution is 5.50. The van der Waals surface area contributed by atoms with Gasteiger partial charge in [0.25, 0.3) is 6.47 Å². The number of hydrogen-bond donors (Lipinski definition) is 1. The summed E-state index contributed by atoms with van der Waals surface area (Å²) in [4.78, 5) is 9.78. The zero-order valence-electron chi connectivity index (χ0n) is 5.45. The van der Waals surface area contributed by atoms with Gasteiger partial charge in [0.1, 0.15) is 0 Å². The van der Waals surface area contributed by atoms with Gasteiger partial charge in [-0.05, 0) is 12.1 Å². The van der Waals surface area contributed by atoms with E-state index in [1.165, 1.54) is 12.1 Å². The van der Waals surface area contributed by atoms with Crippen LogP contribution < -0.4 is 4.74 Å². The molecule has 0 unspecified atom stereocenters. The van der Waals surface area contributed by atoms with Crippen molar-refractivity contribution in [3.8, 4) is 11.5 Å². The van der Waals surface area contributed by atoms with Crippen molar-refractivity contribution in [3.63, 3.8) is 0 Å². The van der Waals surface area contributed by atoms with E-state index in [2.05, 4.69) is 4.74 Å². The van der Waals surface area contributed by atoms with Crippen molar-refractivity contribution in [3.05, 3.63) is 24.0 Å². The number of ether oxygens (including phenoxy) is 1. The van der Waals surface area contributed by atoms with Gasteiger partial charge in [-0.15, -0.1) is 0 Å². The summed E-state index contributed by atoms with van der Waals surface area (Å²) in [6.45, 7) is 0.120. The van der Waals surface area contributed by atoms with Crippen molar-refractivity contribution in [2.24, 2.45) is 0 Å². The van der Waals surface area contributed by atoms with Gasteiger partial charge in [0.05, 0.1) is 0 Å².